The Balaban J connectivity index is 2.01. The normalized spacial score (nSPS) is 14.6. The van der Waals surface area contributed by atoms with Crippen molar-refractivity contribution in [2.45, 2.75) is 26.8 Å². The van der Waals surface area contributed by atoms with Crippen LogP contribution in [0.5, 0.6) is 0 Å². The maximum Gasteiger partial charge on any atom is 0.533 e. The summed E-state index contributed by atoms with van der Waals surface area (Å²) in [6, 6.07) is 1.37. The molecule has 2 aromatic heterocycles. The van der Waals surface area contributed by atoms with Crippen molar-refractivity contribution in [3.05, 3.63) is 29.2 Å². The monoisotopic (exact) mass is 382 g/mol. The number of pyridine rings is 1. The molecule has 0 saturated heterocycles. The molecule has 0 amide bonds. The molecule has 3 rings (SSSR count). The summed E-state index contributed by atoms with van der Waals surface area (Å²) >= 11 is 6.24. The predicted octanol–water partition coefficient (Wildman–Crippen LogP) is 3.21. The van der Waals surface area contributed by atoms with Gasteiger partial charge in [0.1, 0.15) is 0 Å². The van der Waals surface area contributed by atoms with E-state index in [4.69, 9.17) is 21.8 Å². The van der Waals surface area contributed by atoms with Crippen molar-refractivity contribution in [3.63, 3.8) is 0 Å². The highest BCUT2D eigenvalue weighted by atomic mass is 35.5. The minimum atomic E-state index is -1.77. The zero-order valence-corrected chi connectivity index (χ0v) is 14.6. The minimum Gasteiger partial charge on any atom is -0.448 e. The Bertz CT molecular complexity index is 865. The average molecular weight is 383 g/mol. The van der Waals surface area contributed by atoms with Crippen LogP contribution in [0, 0.1) is 5.41 Å². The summed E-state index contributed by atoms with van der Waals surface area (Å²) in [5, 5.41) is 22.3. The number of halogens is 1. The van der Waals surface area contributed by atoms with E-state index >= 15 is 0 Å². The summed E-state index contributed by atoms with van der Waals surface area (Å²) in [5.74, 6) is -0.202. The van der Waals surface area contributed by atoms with Crippen LogP contribution in [-0.2, 0) is 22.6 Å². The first-order valence-electron chi connectivity index (χ1n) is 7.49. The molecule has 0 saturated carbocycles. The Morgan fingerprint density at radius 2 is 1.88 bits per heavy atom. The lowest BCUT2D eigenvalue weighted by Gasteiger charge is -2.17. The second-order valence-corrected chi connectivity index (χ2v) is 6.90. The third-order valence-corrected chi connectivity index (χ3v) is 4.11. The van der Waals surface area contributed by atoms with Crippen molar-refractivity contribution in [1.82, 2.24) is 14.8 Å². The van der Waals surface area contributed by atoms with Crippen LogP contribution in [0.2, 0.25) is 5.02 Å². The highest BCUT2D eigenvalue weighted by Crippen LogP contribution is 2.39. The Kier molecular flexibility index (Phi) is 4.36. The van der Waals surface area contributed by atoms with E-state index in [-0.39, 0.29) is 16.5 Å². The number of carbonyl (C=O) groups is 2. The molecule has 2 aromatic rings. The van der Waals surface area contributed by atoms with Gasteiger partial charge >= 0.3 is 12.3 Å². The van der Waals surface area contributed by atoms with E-state index in [0.717, 1.165) is 24.2 Å². The highest BCUT2D eigenvalue weighted by molar-refractivity contribution is 6.33. The SMILES string of the molecule is CC1(C)Cc2c(-c3cc(N(OC(=O)O)OC(=O)O)ncc3Cl)cnn2C1. The molecular weight excluding hydrogens is 368 g/mol. The molecule has 1 aliphatic rings. The Morgan fingerprint density at radius 1 is 1.23 bits per heavy atom. The molecule has 0 radical (unpaired) electrons. The lowest BCUT2D eigenvalue weighted by Crippen LogP contribution is -2.29. The van der Waals surface area contributed by atoms with Gasteiger partial charge in [-0.25, -0.2) is 14.6 Å². The summed E-state index contributed by atoms with van der Waals surface area (Å²) in [4.78, 5) is 34.0. The van der Waals surface area contributed by atoms with Crippen molar-refractivity contribution < 1.29 is 29.5 Å². The first kappa shape index (κ1) is 17.8. The van der Waals surface area contributed by atoms with Gasteiger partial charge in [0, 0.05) is 29.6 Å². The second kappa shape index (κ2) is 6.37. The van der Waals surface area contributed by atoms with E-state index in [0.29, 0.717) is 10.6 Å². The summed E-state index contributed by atoms with van der Waals surface area (Å²) < 4.78 is 1.88. The van der Waals surface area contributed by atoms with Crippen LogP contribution in [0.15, 0.2) is 18.5 Å². The van der Waals surface area contributed by atoms with Crippen LogP contribution in [0.25, 0.3) is 11.1 Å². The van der Waals surface area contributed by atoms with Crippen LogP contribution in [0.1, 0.15) is 19.5 Å². The van der Waals surface area contributed by atoms with Crippen molar-refractivity contribution in [3.8, 4) is 11.1 Å². The van der Waals surface area contributed by atoms with Crippen LogP contribution < -0.4 is 5.23 Å². The maximum absolute atomic E-state index is 10.8. The topological polar surface area (TPSA) is 127 Å². The van der Waals surface area contributed by atoms with Crippen molar-refractivity contribution >= 4 is 29.7 Å². The molecule has 138 valence electrons. The largest absolute Gasteiger partial charge is 0.533 e. The first-order chi connectivity index (χ1) is 12.2. The lowest BCUT2D eigenvalue weighted by molar-refractivity contribution is -0.0466. The quantitative estimate of drug-likeness (QED) is 0.766. The predicted molar refractivity (Wildman–Crippen MR) is 88.7 cm³/mol. The molecule has 0 atom stereocenters. The Labute approximate surface area is 152 Å². The molecule has 3 heterocycles. The first-order valence-corrected chi connectivity index (χ1v) is 7.86. The van der Waals surface area contributed by atoms with Crippen LogP contribution in [-0.4, -0.2) is 37.3 Å². The summed E-state index contributed by atoms with van der Waals surface area (Å²) in [7, 11) is 0. The van der Waals surface area contributed by atoms with Gasteiger partial charge in [0.2, 0.25) is 5.82 Å². The molecule has 2 N–H and O–H groups in total. The van der Waals surface area contributed by atoms with E-state index in [2.05, 4.69) is 33.6 Å². The number of fused-ring (bicyclic) bond motifs is 1. The molecule has 0 spiro atoms. The average Bonchev–Trinajstić information content (AvgIpc) is 3.01. The third-order valence-electron chi connectivity index (χ3n) is 3.81. The minimum absolute atomic E-state index is 0.0472. The van der Waals surface area contributed by atoms with Gasteiger partial charge in [-0.05, 0) is 23.1 Å². The number of carboxylic acid groups (broad SMARTS) is 2. The third kappa shape index (κ3) is 3.49. The van der Waals surface area contributed by atoms with Gasteiger partial charge in [-0.2, -0.15) is 5.10 Å². The molecule has 26 heavy (non-hydrogen) atoms. The Hall–Kier alpha value is -3.01. The zero-order chi connectivity index (χ0) is 19.1. The van der Waals surface area contributed by atoms with Gasteiger partial charge in [-0.1, -0.05) is 25.4 Å². The van der Waals surface area contributed by atoms with Crippen LogP contribution >= 0.6 is 11.6 Å². The fourth-order valence-corrected chi connectivity index (χ4v) is 3.07. The van der Waals surface area contributed by atoms with Gasteiger partial charge in [0.15, 0.2) is 0 Å². The summed E-state index contributed by atoms with van der Waals surface area (Å²) in [5.41, 5.74) is 2.27. The Morgan fingerprint density at radius 3 is 2.50 bits per heavy atom. The molecule has 0 aromatic carbocycles. The van der Waals surface area contributed by atoms with Crippen molar-refractivity contribution in [1.29, 1.82) is 0 Å². The number of aromatic nitrogens is 3. The molecule has 0 unspecified atom stereocenters. The number of nitrogens with zero attached hydrogens (tertiary/aromatic N) is 4. The molecular formula is C15H15ClN4O6. The zero-order valence-electron chi connectivity index (χ0n) is 13.8. The standard InChI is InChI=1S/C15H15ClN4O6/c1-15(2)4-11-9(5-18-19(11)7-15)8-3-12(17-6-10(8)16)20(25-13(21)22)26-14(23)24/h3,5-6H,4,7H2,1-2H3,(H,21,22)(H,23,24). The van der Waals surface area contributed by atoms with Crippen molar-refractivity contribution in [2.24, 2.45) is 5.41 Å². The molecule has 10 nitrogen and oxygen atoms in total. The molecule has 0 aliphatic carbocycles. The van der Waals surface area contributed by atoms with Gasteiger partial charge < -0.3 is 10.2 Å². The smallest absolute Gasteiger partial charge is 0.448 e. The maximum atomic E-state index is 10.8. The molecule has 0 fully saturated rings. The molecule has 0 bridgehead atoms. The summed E-state index contributed by atoms with van der Waals surface area (Å²) in [6.07, 6.45) is 0.142. The van der Waals surface area contributed by atoms with Gasteiger partial charge in [-0.3, -0.25) is 14.4 Å². The van der Waals surface area contributed by atoms with E-state index in [1.807, 2.05) is 4.68 Å². The van der Waals surface area contributed by atoms with E-state index in [1.165, 1.54) is 12.3 Å². The van der Waals surface area contributed by atoms with Crippen LogP contribution in [0.4, 0.5) is 15.4 Å². The second-order valence-electron chi connectivity index (χ2n) is 6.50. The number of anilines is 1. The van der Waals surface area contributed by atoms with E-state index in [9.17, 15) is 9.59 Å². The number of hydrogen-bond acceptors (Lipinski definition) is 7. The van der Waals surface area contributed by atoms with Crippen LogP contribution in [0.3, 0.4) is 0 Å². The highest BCUT2D eigenvalue weighted by Gasteiger charge is 2.32. The van der Waals surface area contributed by atoms with E-state index < -0.39 is 12.3 Å². The van der Waals surface area contributed by atoms with Gasteiger partial charge in [-0.15, -0.1) is 0 Å². The fourth-order valence-electron chi connectivity index (χ4n) is 2.86. The lowest BCUT2D eigenvalue weighted by atomic mass is 9.89. The fraction of sp³-hybridized carbons (Fsp3) is 0.333. The molecule has 1 aliphatic heterocycles. The molecule has 11 heteroatoms. The number of hydrogen-bond donors (Lipinski definition) is 2. The summed E-state index contributed by atoms with van der Waals surface area (Å²) in [6.45, 7) is 5.00. The number of rotatable bonds is 4. The van der Waals surface area contributed by atoms with E-state index in [1.54, 1.807) is 6.20 Å². The van der Waals surface area contributed by atoms with Crippen molar-refractivity contribution in [2.75, 3.05) is 5.23 Å². The van der Waals surface area contributed by atoms with Gasteiger partial charge in [0.05, 0.1) is 11.2 Å². The van der Waals surface area contributed by atoms with Gasteiger partial charge in [0.25, 0.3) is 0 Å².